The lowest BCUT2D eigenvalue weighted by molar-refractivity contribution is -0.137. The zero-order valence-corrected chi connectivity index (χ0v) is 16.9. The lowest BCUT2D eigenvalue weighted by Gasteiger charge is -2.31. The first-order chi connectivity index (χ1) is 14.0. The maximum atomic E-state index is 12.9. The molecule has 1 fully saturated rings. The lowest BCUT2D eigenvalue weighted by atomic mass is 10.0. The Morgan fingerprint density at radius 3 is 2.55 bits per heavy atom. The van der Waals surface area contributed by atoms with Gasteiger partial charge in [0.2, 0.25) is 5.91 Å². The van der Waals surface area contributed by atoms with Crippen molar-refractivity contribution in [1.82, 2.24) is 15.3 Å². The summed E-state index contributed by atoms with van der Waals surface area (Å²) in [6.07, 6.45) is 5.03. The van der Waals surface area contributed by atoms with E-state index in [1.54, 1.807) is 6.20 Å². The minimum absolute atomic E-state index is 0.0131. The van der Waals surface area contributed by atoms with Gasteiger partial charge < -0.3 is 15.2 Å². The fourth-order valence-electron chi connectivity index (χ4n) is 3.66. The number of hydrogen-bond acceptors (Lipinski definition) is 4. The molecule has 29 heavy (non-hydrogen) atoms. The third kappa shape index (κ3) is 4.28. The van der Waals surface area contributed by atoms with Gasteiger partial charge in [-0.2, -0.15) is 0 Å². The van der Waals surface area contributed by atoms with Gasteiger partial charge in [0.05, 0.1) is 6.04 Å². The number of nitrogens with one attached hydrogen (secondary N) is 2. The minimum Gasteiger partial charge on any atom is -0.325 e. The van der Waals surface area contributed by atoms with Crippen LogP contribution < -0.4 is 10.7 Å². The average molecular weight is 411 g/mol. The number of nitrogens with zero attached hydrogens (tertiary/aromatic N) is 2. The molecule has 0 saturated carbocycles. The van der Waals surface area contributed by atoms with Crippen LogP contribution in [0, 0.1) is 0 Å². The molecular formula is C22H23ClN4O2. The molecule has 2 aromatic carbocycles. The van der Waals surface area contributed by atoms with E-state index in [-0.39, 0.29) is 30.4 Å². The zero-order chi connectivity index (χ0) is 20.4. The molecule has 2 atom stereocenters. The van der Waals surface area contributed by atoms with Crippen LogP contribution in [-0.4, -0.2) is 34.3 Å². The van der Waals surface area contributed by atoms with E-state index in [1.807, 2.05) is 59.7 Å². The summed E-state index contributed by atoms with van der Waals surface area (Å²) in [4.78, 5) is 26.8. The van der Waals surface area contributed by atoms with E-state index < -0.39 is 0 Å². The van der Waals surface area contributed by atoms with Gasteiger partial charge in [-0.1, -0.05) is 42.8 Å². The highest BCUT2D eigenvalue weighted by Crippen LogP contribution is 2.31. The Morgan fingerprint density at radius 1 is 1.14 bits per heavy atom. The van der Waals surface area contributed by atoms with Crippen molar-refractivity contribution < 1.29 is 9.59 Å². The summed E-state index contributed by atoms with van der Waals surface area (Å²) in [7, 11) is 0. The Bertz CT molecular complexity index is 927. The summed E-state index contributed by atoms with van der Waals surface area (Å²) in [6, 6.07) is 15.0. The van der Waals surface area contributed by atoms with Crippen LogP contribution in [0.25, 0.3) is 0 Å². The van der Waals surface area contributed by atoms with E-state index in [0.29, 0.717) is 11.4 Å². The largest absolute Gasteiger partial charge is 0.325 e. The van der Waals surface area contributed by atoms with Crippen LogP contribution in [0.2, 0.25) is 5.02 Å². The second-order valence-electron chi connectivity index (χ2n) is 7.25. The van der Waals surface area contributed by atoms with Gasteiger partial charge in [0, 0.05) is 23.1 Å². The van der Waals surface area contributed by atoms with Crippen LogP contribution in [0.4, 0.5) is 5.69 Å². The molecule has 2 amide bonds. The Morgan fingerprint density at radius 2 is 1.86 bits per heavy atom. The molecule has 0 radical (unpaired) electrons. The molecule has 2 aliphatic heterocycles. The number of hydrogen-bond donors (Lipinski definition) is 2. The number of fused-ring (bicyclic) bond motifs is 1. The molecule has 0 aliphatic carbocycles. The first-order valence-electron chi connectivity index (χ1n) is 9.71. The Kier molecular flexibility index (Phi) is 5.56. The van der Waals surface area contributed by atoms with Gasteiger partial charge in [-0.05, 0) is 48.2 Å². The predicted octanol–water partition coefficient (Wildman–Crippen LogP) is 3.47. The summed E-state index contributed by atoms with van der Waals surface area (Å²) in [5.41, 5.74) is 6.35. The van der Waals surface area contributed by atoms with Crippen LogP contribution in [0.3, 0.4) is 0 Å². The van der Waals surface area contributed by atoms with Crippen molar-refractivity contribution in [3.8, 4) is 0 Å². The van der Waals surface area contributed by atoms with Crippen molar-refractivity contribution in [2.24, 2.45) is 0 Å². The normalized spacial score (nSPS) is 20.7. The van der Waals surface area contributed by atoms with Gasteiger partial charge in [-0.25, -0.2) is 5.43 Å². The summed E-state index contributed by atoms with van der Waals surface area (Å²) in [5, 5.41) is 5.35. The van der Waals surface area contributed by atoms with Gasteiger partial charge in [-0.3, -0.25) is 9.59 Å². The number of rotatable bonds is 5. The molecule has 2 N–H and O–H groups in total. The molecule has 6 nitrogen and oxygen atoms in total. The second-order valence-corrected chi connectivity index (χ2v) is 7.69. The SMILES string of the molecule is CCc1ccc(NC(=O)CN2C=CN3NC(c4ccc(Cl)cc4)CC3C2=O)cc1. The highest BCUT2D eigenvalue weighted by molar-refractivity contribution is 6.30. The van der Waals surface area contributed by atoms with E-state index in [1.165, 1.54) is 10.5 Å². The summed E-state index contributed by atoms with van der Waals surface area (Å²) in [5.74, 6) is -0.311. The fourth-order valence-corrected chi connectivity index (χ4v) is 3.78. The number of halogens is 1. The third-order valence-electron chi connectivity index (χ3n) is 5.31. The smallest absolute Gasteiger partial charge is 0.251 e. The highest BCUT2D eigenvalue weighted by atomic mass is 35.5. The molecular weight excluding hydrogens is 388 g/mol. The van der Waals surface area contributed by atoms with Crippen molar-refractivity contribution in [3.63, 3.8) is 0 Å². The van der Waals surface area contributed by atoms with Gasteiger partial charge in [0.15, 0.2) is 0 Å². The van der Waals surface area contributed by atoms with E-state index in [9.17, 15) is 9.59 Å². The van der Waals surface area contributed by atoms with Crippen LogP contribution in [0.1, 0.15) is 30.5 Å². The standard InChI is InChI=1S/C22H23ClN4O2/c1-2-15-3-9-18(10-4-15)24-21(28)14-26-11-12-27-20(22(26)29)13-19(25-27)16-5-7-17(23)8-6-16/h3-12,19-20,25H,2,13-14H2,1H3,(H,24,28). The van der Waals surface area contributed by atoms with E-state index in [0.717, 1.165) is 17.7 Å². The third-order valence-corrected chi connectivity index (χ3v) is 5.56. The lowest BCUT2D eigenvalue weighted by Crippen LogP contribution is -2.49. The molecule has 0 aromatic heterocycles. The molecule has 1 saturated heterocycles. The van der Waals surface area contributed by atoms with Gasteiger partial charge in [0.25, 0.3) is 5.91 Å². The Balaban J connectivity index is 1.37. The molecule has 0 bridgehead atoms. The number of benzene rings is 2. The molecule has 150 valence electrons. The van der Waals surface area contributed by atoms with Crippen molar-refractivity contribution in [1.29, 1.82) is 0 Å². The number of anilines is 1. The number of hydrazine groups is 1. The molecule has 2 aliphatic rings. The van der Waals surface area contributed by atoms with Crippen molar-refractivity contribution in [3.05, 3.63) is 77.1 Å². The van der Waals surface area contributed by atoms with Crippen molar-refractivity contribution >= 4 is 29.1 Å². The number of aryl methyl sites for hydroxylation is 1. The maximum Gasteiger partial charge on any atom is 0.251 e. The monoisotopic (exact) mass is 410 g/mol. The van der Waals surface area contributed by atoms with E-state index in [4.69, 9.17) is 11.6 Å². The molecule has 2 heterocycles. The Labute approximate surface area is 175 Å². The van der Waals surface area contributed by atoms with E-state index in [2.05, 4.69) is 17.7 Å². The first-order valence-corrected chi connectivity index (χ1v) is 10.1. The summed E-state index contributed by atoms with van der Waals surface area (Å²) >= 11 is 5.96. The number of amides is 2. The van der Waals surface area contributed by atoms with Crippen molar-refractivity contribution in [2.45, 2.75) is 31.8 Å². The zero-order valence-electron chi connectivity index (χ0n) is 16.1. The van der Waals surface area contributed by atoms with Gasteiger partial charge in [0.1, 0.15) is 12.6 Å². The molecule has 4 rings (SSSR count). The van der Waals surface area contributed by atoms with Crippen LogP contribution in [0.15, 0.2) is 60.9 Å². The number of carbonyl (C=O) groups excluding carboxylic acids is 2. The quantitative estimate of drug-likeness (QED) is 0.792. The van der Waals surface area contributed by atoms with Crippen LogP contribution in [0.5, 0.6) is 0 Å². The highest BCUT2D eigenvalue weighted by Gasteiger charge is 2.40. The summed E-state index contributed by atoms with van der Waals surface area (Å²) < 4.78 is 0. The first kappa shape index (κ1) is 19.5. The van der Waals surface area contributed by atoms with Crippen LogP contribution in [-0.2, 0) is 16.0 Å². The van der Waals surface area contributed by atoms with Gasteiger partial charge >= 0.3 is 0 Å². The van der Waals surface area contributed by atoms with Gasteiger partial charge in [-0.15, -0.1) is 0 Å². The predicted molar refractivity (Wildman–Crippen MR) is 113 cm³/mol. The number of carbonyl (C=O) groups is 2. The minimum atomic E-state index is -0.336. The van der Waals surface area contributed by atoms with E-state index >= 15 is 0 Å². The maximum absolute atomic E-state index is 12.9. The topological polar surface area (TPSA) is 64.7 Å². The average Bonchev–Trinajstić information content (AvgIpc) is 3.16. The second kappa shape index (κ2) is 8.27. The van der Waals surface area contributed by atoms with Crippen molar-refractivity contribution in [2.75, 3.05) is 11.9 Å². The fraction of sp³-hybridized carbons (Fsp3) is 0.273. The molecule has 2 unspecified atom stereocenters. The molecule has 2 aromatic rings. The Hall–Kier alpha value is -2.83. The molecule has 7 heteroatoms. The molecule has 0 spiro atoms. The van der Waals surface area contributed by atoms with Crippen LogP contribution >= 0.6 is 11.6 Å². The summed E-state index contributed by atoms with van der Waals surface area (Å²) in [6.45, 7) is 2.07.